The van der Waals surface area contributed by atoms with Gasteiger partial charge in [-0.15, -0.1) is 0 Å². The van der Waals surface area contributed by atoms with Gasteiger partial charge < -0.3 is 5.32 Å². The minimum atomic E-state index is 0.437. The van der Waals surface area contributed by atoms with Crippen LogP contribution in [-0.4, -0.2) is 36.1 Å². The molecule has 1 aromatic heterocycles. The molecular weight excluding hydrogens is 186 g/mol. The summed E-state index contributed by atoms with van der Waals surface area (Å²) in [7, 11) is 0. The first-order valence-electron chi connectivity index (χ1n) is 5.66. The number of aromatic nitrogens is 1. The SMILES string of the molecule is Cc1cccc([C@@H](C)N2CCNCC2)n1. The number of hydrogen-bond donors (Lipinski definition) is 1. The maximum atomic E-state index is 4.59. The second-order valence-electron chi connectivity index (χ2n) is 4.17. The second-order valence-corrected chi connectivity index (χ2v) is 4.17. The molecule has 1 atom stereocenters. The van der Waals surface area contributed by atoms with Crippen LogP contribution in [0.2, 0.25) is 0 Å². The Bertz CT molecular complexity index is 318. The third-order valence-corrected chi connectivity index (χ3v) is 3.04. The number of aryl methyl sites for hydroxylation is 1. The van der Waals surface area contributed by atoms with Gasteiger partial charge >= 0.3 is 0 Å². The van der Waals surface area contributed by atoms with E-state index in [1.807, 2.05) is 13.0 Å². The summed E-state index contributed by atoms with van der Waals surface area (Å²) in [5.41, 5.74) is 2.30. The molecule has 0 bridgehead atoms. The first-order chi connectivity index (χ1) is 7.27. The van der Waals surface area contributed by atoms with Crippen LogP contribution in [0.15, 0.2) is 18.2 Å². The fraction of sp³-hybridized carbons (Fsp3) is 0.583. The second kappa shape index (κ2) is 4.73. The van der Waals surface area contributed by atoms with E-state index in [0.29, 0.717) is 6.04 Å². The van der Waals surface area contributed by atoms with E-state index in [1.165, 1.54) is 5.69 Å². The van der Waals surface area contributed by atoms with Crippen molar-refractivity contribution in [1.29, 1.82) is 0 Å². The van der Waals surface area contributed by atoms with Gasteiger partial charge in [-0.1, -0.05) is 6.07 Å². The summed E-state index contributed by atoms with van der Waals surface area (Å²) < 4.78 is 0. The molecule has 1 aliphatic heterocycles. The molecule has 0 aliphatic carbocycles. The van der Waals surface area contributed by atoms with Gasteiger partial charge in [0.1, 0.15) is 0 Å². The summed E-state index contributed by atoms with van der Waals surface area (Å²) in [6.45, 7) is 8.72. The molecule has 0 amide bonds. The first kappa shape index (κ1) is 10.6. The molecule has 0 radical (unpaired) electrons. The lowest BCUT2D eigenvalue weighted by molar-refractivity contribution is 0.182. The molecule has 3 nitrogen and oxygen atoms in total. The Kier molecular flexibility index (Phi) is 3.34. The maximum absolute atomic E-state index is 4.59. The third kappa shape index (κ3) is 2.55. The van der Waals surface area contributed by atoms with Gasteiger partial charge in [0.15, 0.2) is 0 Å². The average molecular weight is 205 g/mol. The average Bonchev–Trinajstić information content (AvgIpc) is 2.29. The van der Waals surface area contributed by atoms with Crippen molar-refractivity contribution in [3.8, 4) is 0 Å². The topological polar surface area (TPSA) is 28.2 Å². The fourth-order valence-corrected chi connectivity index (χ4v) is 2.05. The summed E-state index contributed by atoms with van der Waals surface area (Å²) in [5, 5.41) is 3.37. The van der Waals surface area contributed by atoms with E-state index in [9.17, 15) is 0 Å². The number of rotatable bonds is 2. The molecule has 2 rings (SSSR count). The van der Waals surface area contributed by atoms with Crippen LogP contribution in [0.4, 0.5) is 0 Å². The van der Waals surface area contributed by atoms with Crippen LogP contribution in [0.5, 0.6) is 0 Å². The maximum Gasteiger partial charge on any atom is 0.0575 e. The molecule has 0 aromatic carbocycles. The number of pyridine rings is 1. The van der Waals surface area contributed by atoms with Crippen LogP contribution in [0.3, 0.4) is 0 Å². The van der Waals surface area contributed by atoms with Gasteiger partial charge in [-0.25, -0.2) is 0 Å². The molecule has 0 spiro atoms. The molecular formula is C12H19N3. The molecule has 1 saturated heterocycles. The lowest BCUT2D eigenvalue weighted by Gasteiger charge is -2.32. The van der Waals surface area contributed by atoms with Crippen molar-refractivity contribution in [3.05, 3.63) is 29.6 Å². The van der Waals surface area contributed by atoms with Crippen molar-refractivity contribution < 1.29 is 0 Å². The molecule has 1 aliphatic rings. The zero-order valence-electron chi connectivity index (χ0n) is 9.53. The van der Waals surface area contributed by atoms with Crippen molar-refractivity contribution >= 4 is 0 Å². The molecule has 3 heteroatoms. The molecule has 1 aromatic rings. The third-order valence-electron chi connectivity index (χ3n) is 3.04. The van der Waals surface area contributed by atoms with E-state index in [1.54, 1.807) is 0 Å². The molecule has 82 valence electrons. The van der Waals surface area contributed by atoms with Crippen LogP contribution < -0.4 is 5.32 Å². The Morgan fingerprint density at radius 3 is 2.73 bits per heavy atom. The Morgan fingerprint density at radius 1 is 1.33 bits per heavy atom. The standard InChI is InChI=1S/C12H19N3/c1-10-4-3-5-12(14-10)11(2)15-8-6-13-7-9-15/h3-5,11,13H,6-9H2,1-2H3/t11-/m1/s1. The van der Waals surface area contributed by atoms with Crippen LogP contribution in [-0.2, 0) is 0 Å². The van der Waals surface area contributed by atoms with Gasteiger partial charge in [0.05, 0.1) is 5.69 Å². The van der Waals surface area contributed by atoms with Gasteiger partial charge in [0.2, 0.25) is 0 Å². The molecule has 2 heterocycles. The van der Waals surface area contributed by atoms with Crippen molar-refractivity contribution in [2.45, 2.75) is 19.9 Å². The van der Waals surface area contributed by atoms with Crippen LogP contribution in [0.1, 0.15) is 24.4 Å². The molecule has 15 heavy (non-hydrogen) atoms. The minimum absolute atomic E-state index is 0.437. The highest BCUT2D eigenvalue weighted by atomic mass is 15.2. The van der Waals surface area contributed by atoms with Gasteiger partial charge in [-0.3, -0.25) is 9.88 Å². The Morgan fingerprint density at radius 2 is 2.07 bits per heavy atom. The zero-order chi connectivity index (χ0) is 10.7. The van der Waals surface area contributed by atoms with Gasteiger partial charge in [-0.2, -0.15) is 0 Å². The number of nitrogens with zero attached hydrogens (tertiary/aromatic N) is 2. The van der Waals surface area contributed by atoms with Crippen molar-refractivity contribution in [3.63, 3.8) is 0 Å². The predicted octanol–water partition coefficient (Wildman–Crippen LogP) is 1.36. The smallest absolute Gasteiger partial charge is 0.0575 e. The molecule has 0 unspecified atom stereocenters. The summed E-state index contributed by atoms with van der Waals surface area (Å²) in [5.74, 6) is 0. The van der Waals surface area contributed by atoms with E-state index < -0.39 is 0 Å². The number of nitrogens with one attached hydrogen (secondary N) is 1. The highest BCUT2D eigenvalue weighted by molar-refractivity contribution is 5.13. The van der Waals surface area contributed by atoms with Crippen LogP contribution in [0.25, 0.3) is 0 Å². The fourth-order valence-electron chi connectivity index (χ4n) is 2.05. The normalized spacial score (nSPS) is 20.1. The first-order valence-corrected chi connectivity index (χ1v) is 5.66. The van der Waals surface area contributed by atoms with E-state index in [2.05, 4.69) is 34.3 Å². The van der Waals surface area contributed by atoms with E-state index in [-0.39, 0.29) is 0 Å². The molecule has 0 saturated carbocycles. The van der Waals surface area contributed by atoms with Gasteiger partial charge in [0.25, 0.3) is 0 Å². The van der Waals surface area contributed by atoms with Crippen LogP contribution in [0, 0.1) is 6.92 Å². The number of hydrogen-bond acceptors (Lipinski definition) is 3. The van der Waals surface area contributed by atoms with Gasteiger partial charge in [-0.05, 0) is 26.0 Å². The van der Waals surface area contributed by atoms with E-state index in [4.69, 9.17) is 0 Å². The summed E-state index contributed by atoms with van der Waals surface area (Å²) in [6, 6.07) is 6.70. The van der Waals surface area contributed by atoms with E-state index >= 15 is 0 Å². The molecule has 1 fully saturated rings. The van der Waals surface area contributed by atoms with Crippen LogP contribution >= 0.6 is 0 Å². The number of piperazine rings is 1. The minimum Gasteiger partial charge on any atom is -0.314 e. The summed E-state index contributed by atoms with van der Waals surface area (Å²) >= 11 is 0. The summed E-state index contributed by atoms with van der Waals surface area (Å²) in [4.78, 5) is 7.07. The van der Waals surface area contributed by atoms with Crippen molar-refractivity contribution in [2.24, 2.45) is 0 Å². The van der Waals surface area contributed by atoms with Crippen molar-refractivity contribution in [1.82, 2.24) is 15.2 Å². The Hall–Kier alpha value is -0.930. The highest BCUT2D eigenvalue weighted by Crippen LogP contribution is 2.18. The predicted molar refractivity (Wildman–Crippen MR) is 61.8 cm³/mol. The lowest BCUT2D eigenvalue weighted by Crippen LogP contribution is -2.44. The van der Waals surface area contributed by atoms with E-state index in [0.717, 1.165) is 31.9 Å². The Labute approximate surface area is 91.5 Å². The highest BCUT2D eigenvalue weighted by Gasteiger charge is 2.18. The Balaban J connectivity index is 2.08. The summed E-state index contributed by atoms with van der Waals surface area (Å²) in [6.07, 6.45) is 0. The van der Waals surface area contributed by atoms with Crippen molar-refractivity contribution in [2.75, 3.05) is 26.2 Å². The monoisotopic (exact) mass is 205 g/mol. The van der Waals surface area contributed by atoms with Gasteiger partial charge in [0, 0.05) is 37.9 Å². The zero-order valence-corrected chi connectivity index (χ0v) is 9.53. The lowest BCUT2D eigenvalue weighted by atomic mass is 10.1. The largest absolute Gasteiger partial charge is 0.314 e. The molecule has 1 N–H and O–H groups in total. The quantitative estimate of drug-likeness (QED) is 0.790.